The summed E-state index contributed by atoms with van der Waals surface area (Å²) in [5, 5.41) is 3.29. The fourth-order valence-corrected chi connectivity index (χ4v) is 1.72. The van der Waals surface area contributed by atoms with Gasteiger partial charge in [-0.2, -0.15) is 0 Å². The third-order valence-electron chi connectivity index (χ3n) is 2.62. The van der Waals surface area contributed by atoms with E-state index in [1.165, 1.54) is 0 Å². The first-order chi connectivity index (χ1) is 9.54. The van der Waals surface area contributed by atoms with E-state index in [4.69, 9.17) is 26.8 Å². The van der Waals surface area contributed by atoms with Gasteiger partial charge in [0.2, 0.25) is 0 Å². The monoisotopic (exact) mass is 336 g/mol. The number of carbonyl (C=O) groups is 1. The first kappa shape index (κ1) is 20.0. The molecule has 1 rings (SSSR count). The molecule has 0 radical (unpaired) electrons. The van der Waals surface area contributed by atoms with Gasteiger partial charge in [-0.3, -0.25) is 4.79 Å². The van der Waals surface area contributed by atoms with Gasteiger partial charge in [-0.25, -0.2) is 0 Å². The molecule has 1 aromatic rings. The molecule has 1 unspecified atom stereocenters. The minimum atomic E-state index is -0.222. The van der Waals surface area contributed by atoms with Gasteiger partial charge in [0.15, 0.2) is 0 Å². The summed E-state index contributed by atoms with van der Waals surface area (Å²) in [6.45, 7) is 3.23. The number of amides is 1. The Morgan fingerprint density at radius 2 is 2.14 bits per heavy atom. The first-order valence-corrected chi connectivity index (χ1v) is 6.87. The normalized spacial score (nSPS) is 11.4. The van der Waals surface area contributed by atoms with Gasteiger partial charge in [0, 0.05) is 24.7 Å². The van der Waals surface area contributed by atoms with Crippen molar-refractivity contribution in [1.29, 1.82) is 0 Å². The minimum Gasteiger partial charge on any atom is -0.490 e. The van der Waals surface area contributed by atoms with Crippen LogP contribution in [0.15, 0.2) is 18.2 Å². The molecule has 0 aliphatic rings. The van der Waals surface area contributed by atoms with Gasteiger partial charge < -0.3 is 20.5 Å². The maximum Gasteiger partial charge on any atom is 0.255 e. The molecule has 0 aliphatic heterocycles. The van der Waals surface area contributed by atoms with Crippen molar-refractivity contribution in [3.63, 3.8) is 0 Å². The summed E-state index contributed by atoms with van der Waals surface area (Å²) < 4.78 is 10.4. The Morgan fingerprint density at radius 1 is 1.43 bits per heavy atom. The van der Waals surface area contributed by atoms with Crippen molar-refractivity contribution in [3.8, 4) is 5.75 Å². The highest BCUT2D eigenvalue weighted by atomic mass is 35.5. The molecule has 120 valence electrons. The van der Waals surface area contributed by atoms with E-state index >= 15 is 0 Å². The molecule has 1 atom stereocenters. The van der Waals surface area contributed by atoms with Crippen LogP contribution in [0.5, 0.6) is 5.75 Å². The fourth-order valence-electron chi connectivity index (χ4n) is 1.55. The van der Waals surface area contributed by atoms with Crippen LogP contribution in [0.2, 0.25) is 5.02 Å². The molecule has 0 aromatic heterocycles. The molecule has 0 spiro atoms. The zero-order valence-electron chi connectivity index (χ0n) is 12.2. The summed E-state index contributed by atoms with van der Waals surface area (Å²) in [4.78, 5) is 12.1. The highest BCUT2D eigenvalue weighted by Gasteiger charge is 2.13. The second kappa shape index (κ2) is 10.7. The topological polar surface area (TPSA) is 73.6 Å². The van der Waals surface area contributed by atoms with Crippen molar-refractivity contribution in [1.82, 2.24) is 5.32 Å². The Hall–Kier alpha value is -1.01. The Morgan fingerprint density at radius 3 is 2.76 bits per heavy atom. The van der Waals surface area contributed by atoms with Gasteiger partial charge in [-0.1, -0.05) is 11.6 Å². The van der Waals surface area contributed by atoms with Crippen LogP contribution >= 0.6 is 24.0 Å². The lowest BCUT2D eigenvalue weighted by Crippen LogP contribution is -2.29. The number of ether oxygens (including phenoxy) is 2. The van der Waals surface area contributed by atoms with E-state index in [0.717, 1.165) is 0 Å². The molecule has 0 heterocycles. The third kappa shape index (κ3) is 7.52. The van der Waals surface area contributed by atoms with E-state index in [2.05, 4.69) is 5.32 Å². The average molecular weight is 337 g/mol. The quantitative estimate of drug-likeness (QED) is 0.714. The third-order valence-corrected chi connectivity index (χ3v) is 2.85. The maximum atomic E-state index is 12.1. The highest BCUT2D eigenvalue weighted by molar-refractivity contribution is 6.31. The van der Waals surface area contributed by atoms with Crippen molar-refractivity contribution in [2.75, 3.05) is 26.9 Å². The second-order valence-corrected chi connectivity index (χ2v) is 4.94. The Kier molecular flexibility index (Phi) is 10.2. The van der Waals surface area contributed by atoms with E-state index in [1.54, 1.807) is 25.3 Å². The molecule has 1 amide bonds. The summed E-state index contributed by atoms with van der Waals surface area (Å²) in [5.74, 6) is 0.269. The van der Waals surface area contributed by atoms with Crippen molar-refractivity contribution in [2.24, 2.45) is 5.73 Å². The summed E-state index contributed by atoms with van der Waals surface area (Å²) in [7, 11) is 1.59. The lowest BCUT2D eigenvalue weighted by molar-refractivity contribution is 0.0945. The van der Waals surface area contributed by atoms with Crippen molar-refractivity contribution in [2.45, 2.75) is 19.4 Å². The molecule has 21 heavy (non-hydrogen) atoms. The van der Waals surface area contributed by atoms with Crippen LogP contribution in [0.1, 0.15) is 23.7 Å². The van der Waals surface area contributed by atoms with Crippen LogP contribution in [0, 0.1) is 0 Å². The largest absolute Gasteiger partial charge is 0.490 e. The Bertz CT molecular complexity index is 442. The zero-order valence-corrected chi connectivity index (χ0v) is 13.8. The van der Waals surface area contributed by atoms with Gasteiger partial charge in [0.25, 0.3) is 5.91 Å². The van der Waals surface area contributed by atoms with Crippen LogP contribution in [-0.4, -0.2) is 38.8 Å². The molecule has 5 nitrogen and oxygen atoms in total. The van der Waals surface area contributed by atoms with Gasteiger partial charge in [-0.05, 0) is 31.5 Å². The van der Waals surface area contributed by atoms with Crippen LogP contribution < -0.4 is 15.8 Å². The van der Waals surface area contributed by atoms with E-state index in [9.17, 15) is 4.79 Å². The van der Waals surface area contributed by atoms with Gasteiger partial charge in [0.05, 0.1) is 12.2 Å². The van der Waals surface area contributed by atoms with Crippen LogP contribution in [0.25, 0.3) is 0 Å². The molecule has 0 bridgehead atoms. The highest BCUT2D eigenvalue weighted by Crippen LogP contribution is 2.22. The summed E-state index contributed by atoms with van der Waals surface area (Å²) in [6, 6.07) is 5.00. The predicted octanol–water partition coefficient (Wildman–Crippen LogP) is 2.25. The van der Waals surface area contributed by atoms with Gasteiger partial charge in [-0.15, -0.1) is 12.4 Å². The average Bonchev–Trinajstić information content (AvgIpc) is 2.40. The van der Waals surface area contributed by atoms with E-state index in [-0.39, 0.29) is 24.4 Å². The number of nitrogens with two attached hydrogens (primary N) is 1. The van der Waals surface area contributed by atoms with Crippen LogP contribution in [-0.2, 0) is 4.74 Å². The van der Waals surface area contributed by atoms with Crippen LogP contribution in [0.4, 0.5) is 0 Å². The number of hydrogen-bond donors (Lipinski definition) is 2. The number of carbonyl (C=O) groups excluding carboxylic acids is 1. The molecule has 0 fully saturated rings. The molecule has 7 heteroatoms. The number of rotatable bonds is 8. The number of halogens is 2. The van der Waals surface area contributed by atoms with Crippen molar-refractivity contribution < 1.29 is 14.3 Å². The molecule has 0 saturated heterocycles. The summed E-state index contributed by atoms with van der Waals surface area (Å²) in [5.41, 5.74) is 6.06. The molecular formula is C14H22Cl2N2O3. The van der Waals surface area contributed by atoms with E-state index < -0.39 is 0 Å². The Balaban J connectivity index is 0.00000400. The van der Waals surface area contributed by atoms with Gasteiger partial charge >= 0.3 is 0 Å². The zero-order chi connectivity index (χ0) is 15.0. The first-order valence-electron chi connectivity index (χ1n) is 6.49. The fraction of sp³-hybridized carbons (Fsp3) is 0.500. The van der Waals surface area contributed by atoms with Crippen molar-refractivity contribution in [3.05, 3.63) is 28.8 Å². The smallest absolute Gasteiger partial charge is 0.255 e. The predicted molar refractivity (Wildman–Crippen MR) is 86.7 cm³/mol. The molecule has 1 aromatic carbocycles. The molecule has 3 N–H and O–H groups in total. The number of hydrogen-bond acceptors (Lipinski definition) is 4. The lowest BCUT2D eigenvalue weighted by Gasteiger charge is -2.12. The van der Waals surface area contributed by atoms with Crippen molar-refractivity contribution >= 4 is 29.9 Å². The Labute approximate surface area is 136 Å². The number of methoxy groups -OCH3 is 1. The molecule has 0 aliphatic carbocycles. The number of benzene rings is 1. The second-order valence-electron chi connectivity index (χ2n) is 4.50. The maximum absolute atomic E-state index is 12.1. The lowest BCUT2D eigenvalue weighted by atomic mass is 10.1. The minimum absolute atomic E-state index is 0. The van der Waals surface area contributed by atoms with Gasteiger partial charge in [0.1, 0.15) is 12.4 Å². The van der Waals surface area contributed by atoms with Crippen LogP contribution in [0.3, 0.4) is 0 Å². The van der Waals surface area contributed by atoms with E-state index in [1.807, 2.05) is 6.92 Å². The number of nitrogens with one attached hydrogen (secondary N) is 1. The summed E-state index contributed by atoms with van der Waals surface area (Å²) in [6.07, 6.45) is 0.714. The summed E-state index contributed by atoms with van der Waals surface area (Å²) >= 11 is 5.93. The standard InChI is InChI=1S/C14H21ClN2O3.ClH/c1-10(16)5-6-17-14(18)12-9-11(15)3-4-13(12)20-8-7-19-2;/h3-4,9-10H,5-8,16H2,1-2H3,(H,17,18);1H. The SMILES string of the molecule is COCCOc1ccc(Cl)cc1C(=O)NCCC(C)N.Cl. The van der Waals surface area contributed by atoms with E-state index in [0.29, 0.717) is 42.5 Å². The molecule has 0 saturated carbocycles. The molecular weight excluding hydrogens is 315 g/mol.